The lowest BCUT2D eigenvalue weighted by molar-refractivity contribution is -0.137. The van der Waals surface area contributed by atoms with Gasteiger partial charge in [0.05, 0.1) is 18.3 Å². The first-order valence-corrected chi connectivity index (χ1v) is 12.8. The number of hydrogen-bond donors (Lipinski definition) is 3. The second kappa shape index (κ2) is 17.3. The largest absolute Gasteiger partial charge is 0.416 e. The smallest absolute Gasteiger partial charge is 0.373 e. The van der Waals surface area contributed by atoms with Gasteiger partial charge in [-0.2, -0.15) is 13.2 Å². The van der Waals surface area contributed by atoms with E-state index in [1.54, 1.807) is 13.0 Å². The number of nitrogens with one attached hydrogen (secondary N) is 2. The number of nitrogens with two attached hydrogens (primary N) is 1. The van der Waals surface area contributed by atoms with Gasteiger partial charge in [0, 0.05) is 37.8 Å². The number of rotatable bonds is 10. The lowest BCUT2D eigenvalue weighted by Crippen LogP contribution is -2.38. The summed E-state index contributed by atoms with van der Waals surface area (Å²) in [7, 11) is 0. The lowest BCUT2D eigenvalue weighted by Gasteiger charge is -2.21. The van der Waals surface area contributed by atoms with Crippen LogP contribution in [-0.2, 0) is 15.7 Å². The van der Waals surface area contributed by atoms with Gasteiger partial charge < -0.3 is 30.5 Å². The minimum absolute atomic E-state index is 0.0201. The number of carbonyl (C=O) groups excluding carboxylic acids is 2. The average Bonchev–Trinajstić information content (AvgIpc) is 3.50. The summed E-state index contributed by atoms with van der Waals surface area (Å²) < 4.78 is 47.8. The molecule has 0 radical (unpaired) electrons. The number of ether oxygens (including phenoxy) is 1. The maximum absolute atomic E-state index is 12.3. The van der Waals surface area contributed by atoms with Gasteiger partial charge in [0.25, 0.3) is 5.91 Å². The molecule has 0 bridgehead atoms. The van der Waals surface area contributed by atoms with E-state index in [-0.39, 0.29) is 18.1 Å². The fourth-order valence-electron chi connectivity index (χ4n) is 3.98. The van der Waals surface area contributed by atoms with Crippen LogP contribution in [0.2, 0.25) is 0 Å². The van der Waals surface area contributed by atoms with E-state index in [1.165, 1.54) is 12.1 Å². The van der Waals surface area contributed by atoms with Gasteiger partial charge in [-0.3, -0.25) is 9.59 Å². The van der Waals surface area contributed by atoms with E-state index < -0.39 is 17.6 Å². The molecule has 2 aromatic rings. The molecule has 12 heteroatoms. The maximum Gasteiger partial charge on any atom is 0.416 e. The number of halogens is 3. The molecule has 1 aromatic carbocycles. The molecule has 2 amide bonds. The SMILES string of the molecule is C=CCOC(CC)CNC1CCN(c2c(C)noc2C)C1.CCNC(=O)c1cccc(C(F)(F)F)c1.NC=O. The van der Waals surface area contributed by atoms with Crippen LogP contribution >= 0.6 is 0 Å². The number of alkyl halides is 3. The van der Waals surface area contributed by atoms with E-state index in [1.807, 2.05) is 13.8 Å². The number of benzene rings is 1. The first kappa shape index (κ1) is 33.6. The van der Waals surface area contributed by atoms with Crippen LogP contribution in [0.4, 0.5) is 18.9 Å². The van der Waals surface area contributed by atoms with Crippen molar-refractivity contribution in [1.29, 1.82) is 0 Å². The number of anilines is 1. The molecule has 2 heterocycles. The van der Waals surface area contributed by atoms with E-state index in [4.69, 9.17) is 14.1 Å². The number of nitrogens with zero attached hydrogens (tertiary/aromatic N) is 2. The summed E-state index contributed by atoms with van der Waals surface area (Å²) in [5.74, 6) is 0.414. The average molecular weight is 556 g/mol. The fraction of sp³-hybridized carbons (Fsp3) is 0.519. The summed E-state index contributed by atoms with van der Waals surface area (Å²) in [5.41, 5.74) is 5.51. The molecular formula is C27H40F3N5O4. The number of aryl methyl sites for hydroxylation is 2. The Kier molecular flexibility index (Phi) is 14.9. The molecule has 1 fully saturated rings. The molecule has 9 nitrogen and oxygen atoms in total. The highest BCUT2D eigenvalue weighted by molar-refractivity contribution is 5.94. The van der Waals surface area contributed by atoms with E-state index in [9.17, 15) is 18.0 Å². The normalized spacial score (nSPS) is 15.4. The Balaban J connectivity index is 0.000000371. The Morgan fingerprint density at radius 1 is 1.36 bits per heavy atom. The van der Waals surface area contributed by atoms with Gasteiger partial charge in [-0.1, -0.05) is 24.2 Å². The summed E-state index contributed by atoms with van der Waals surface area (Å²) in [6.45, 7) is 15.5. The maximum atomic E-state index is 12.3. The van der Waals surface area contributed by atoms with E-state index in [0.717, 1.165) is 61.8 Å². The number of primary amides is 1. The van der Waals surface area contributed by atoms with Crippen LogP contribution in [0.1, 0.15) is 54.1 Å². The first-order valence-electron chi connectivity index (χ1n) is 12.8. The molecule has 3 rings (SSSR count). The molecule has 1 aromatic heterocycles. The Morgan fingerprint density at radius 2 is 2.05 bits per heavy atom. The summed E-state index contributed by atoms with van der Waals surface area (Å²) in [6, 6.07) is 4.83. The van der Waals surface area contributed by atoms with Crippen LogP contribution in [0.3, 0.4) is 0 Å². The molecule has 2 unspecified atom stereocenters. The van der Waals surface area contributed by atoms with Crippen molar-refractivity contribution in [3.8, 4) is 0 Å². The summed E-state index contributed by atoms with van der Waals surface area (Å²) >= 11 is 0. The van der Waals surface area contributed by atoms with Gasteiger partial charge in [0.15, 0.2) is 5.76 Å². The topological polar surface area (TPSA) is 123 Å². The zero-order chi connectivity index (χ0) is 29.4. The van der Waals surface area contributed by atoms with Crippen molar-refractivity contribution in [3.05, 3.63) is 59.5 Å². The van der Waals surface area contributed by atoms with Crippen molar-refractivity contribution < 1.29 is 32.0 Å². The Morgan fingerprint density at radius 3 is 2.59 bits per heavy atom. The lowest BCUT2D eigenvalue weighted by atomic mass is 10.1. The van der Waals surface area contributed by atoms with E-state index in [0.29, 0.717) is 19.2 Å². The third-order valence-electron chi connectivity index (χ3n) is 5.83. The van der Waals surface area contributed by atoms with Crippen molar-refractivity contribution in [2.45, 2.75) is 58.9 Å². The van der Waals surface area contributed by atoms with E-state index >= 15 is 0 Å². The molecule has 0 aliphatic carbocycles. The minimum Gasteiger partial charge on any atom is -0.373 e. The van der Waals surface area contributed by atoms with Gasteiger partial charge in [0.1, 0.15) is 11.4 Å². The standard InChI is InChI=1S/C16H27N3O2.C10H10F3NO.CH3NO/c1-5-9-20-15(6-2)10-17-14-7-8-19(11-14)16-12(3)18-21-13(16)4;1-2-14-9(15)7-4-3-5-8(6-7)10(11,12)13;2-1-3/h5,14-15,17H,1,6-11H2,2-4H3;3-6H,2H2,1H3,(H,14,15);1H,(H2,2,3). The van der Waals surface area contributed by atoms with Crippen molar-refractivity contribution in [1.82, 2.24) is 15.8 Å². The molecular weight excluding hydrogens is 515 g/mol. The third kappa shape index (κ3) is 11.5. The van der Waals surface area contributed by atoms with Gasteiger partial charge in [-0.15, -0.1) is 6.58 Å². The Bertz CT molecular complexity index is 1010. The summed E-state index contributed by atoms with van der Waals surface area (Å²) in [4.78, 5) is 22.2. The van der Waals surface area contributed by atoms with Crippen LogP contribution in [0.25, 0.3) is 0 Å². The van der Waals surface area contributed by atoms with Crippen LogP contribution in [0, 0.1) is 13.8 Å². The van der Waals surface area contributed by atoms with Gasteiger partial charge in [0.2, 0.25) is 6.41 Å². The second-order valence-electron chi connectivity index (χ2n) is 8.74. The van der Waals surface area contributed by atoms with Crippen molar-refractivity contribution in [2.75, 3.05) is 37.7 Å². The molecule has 0 saturated carbocycles. The Hall–Kier alpha value is -3.38. The van der Waals surface area contributed by atoms with Gasteiger partial charge in [-0.05, 0) is 51.8 Å². The molecule has 1 aliphatic heterocycles. The first-order chi connectivity index (χ1) is 18.5. The number of amides is 2. The number of aromatic nitrogens is 1. The summed E-state index contributed by atoms with van der Waals surface area (Å²) in [5, 5.41) is 10.1. The van der Waals surface area contributed by atoms with Gasteiger partial charge in [-0.25, -0.2) is 0 Å². The van der Waals surface area contributed by atoms with Crippen molar-refractivity contribution in [2.24, 2.45) is 5.73 Å². The predicted molar refractivity (Wildman–Crippen MR) is 145 cm³/mol. The highest BCUT2D eigenvalue weighted by atomic mass is 19.4. The molecule has 0 spiro atoms. The Labute approximate surface area is 227 Å². The zero-order valence-electron chi connectivity index (χ0n) is 23.0. The van der Waals surface area contributed by atoms with Crippen LogP contribution in [0.5, 0.6) is 0 Å². The van der Waals surface area contributed by atoms with Crippen LogP contribution in [-0.4, -0.2) is 62.4 Å². The second-order valence-corrected chi connectivity index (χ2v) is 8.74. The van der Waals surface area contributed by atoms with Gasteiger partial charge >= 0.3 is 6.18 Å². The van der Waals surface area contributed by atoms with Crippen molar-refractivity contribution in [3.63, 3.8) is 0 Å². The predicted octanol–water partition coefficient (Wildman–Crippen LogP) is 4.00. The highest BCUT2D eigenvalue weighted by Gasteiger charge is 2.31. The molecule has 39 heavy (non-hydrogen) atoms. The monoisotopic (exact) mass is 555 g/mol. The molecule has 4 N–H and O–H groups in total. The van der Waals surface area contributed by atoms with Crippen LogP contribution < -0.4 is 21.3 Å². The highest BCUT2D eigenvalue weighted by Crippen LogP contribution is 2.29. The molecule has 1 saturated heterocycles. The number of carbonyl (C=O) groups is 2. The fourth-order valence-corrected chi connectivity index (χ4v) is 3.98. The van der Waals surface area contributed by atoms with Crippen LogP contribution in [0.15, 0.2) is 41.4 Å². The van der Waals surface area contributed by atoms with E-state index in [2.05, 4.69) is 39.9 Å². The van der Waals surface area contributed by atoms with Crippen molar-refractivity contribution >= 4 is 18.0 Å². The quantitative estimate of drug-likeness (QED) is 0.299. The zero-order valence-corrected chi connectivity index (χ0v) is 23.0. The number of hydrogen-bond acceptors (Lipinski definition) is 7. The molecule has 1 aliphatic rings. The summed E-state index contributed by atoms with van der Waals surface area (Å²) in [6.07, 6.45) is 0.0550. The molecule has 218 valence electrons. The third-order valence-corrected chi connectivity index (χ3v) is 5.83. The minimum atomic E-state index is -4.41. The molecule has 2 atom stereocenters.